The predicted octanol–water partition coefficient (Wildman–Crippen LogP) is 2.68. The molecule has 1 amide bonds. The van der Waals surface area contributed by atoms with Crippen LogP contribution in [-0.2, 0) is 4.79 Å². The number of carboxylic acid groups (broad SMARTS) is 1. The summed E-state index contributed by atoms with van der Waals surface area (Å²) in [6.07, 6.45) is -0.426. The number of halogens is 1. The normalized spacial score (nSPS) is 11.6. The van der Waals surface area contributed by atoms with E-state index < -0.39 is 30.2 Å². The van der Waals surface area contributed by atoms with E-state index in [0.717, 1.165) is 16.8 Å². The zero-order valence-electron chi connectivity index (χ0n) is 16.7. The number of benzene rings is 2. The van der Waals surface area contributed by atoms with Gasteiger partial charge in [-0.1, -0.05) is 6.07 Å². The molecule has 1 atom stereocenters. The number of methoxy groups -OCH3 is 2. The fraction of sp³-hybridized carbons (Fsp3) is 0.190. The molecule has 3 N–H and O–H groups in total. The van der Waals surface area contributed by atoms with E-state index in [-0.39, 0.29) is 17.3 Å². The average molecular weight is 429 g/mol. The van der Waals surface area contributed by atoms with Crippen molar-refractivity contribution >= 4 is 11.9 Å². The number of aliphatic carboxylic acids is 1. The van der Waals surface area contributed by atoms with Crippen molar-refractivity contribution in [1.82, 2.24) is 15.1 Å². The summed E-state index contributed by atoms with van der Waals surface area (Å²) < 4.78 is 24.9. The molecule has 10 heteroatoms. The Morgan fingerprint density at radius 1 is 1.16 bits per heavy atom. The van der Waals surface area contributed by atoms with Crippen LogP contribution in [-0.4, -0.2) is 46.1 Å². The Morgan fingerprint density at radius 2 is 1.94 bits per heavy atom. The second-order valence-electron chi connectivity index (χ2n) is 6.51. The van der Waals surface area contributed by atoms with Crippen molar-refractivity contribution in [3.63, 3.8) is 0 Å². The van der Waals surface area contributed by atoms with E-state index in [9.17, 15) is 24.2 Å². The largest absolute Gasteiger partial charge is 0.497 e. The molecule has 0 saturated carbocycles. The van der Waals surface area contributed by atoms with Crippen LogP contribution in [0.2, 0.25) is 0 Å². The molecule has 1 aromatic heterocycles. The van der Waals surface area contributed by atoms with Gasteiger partial charge in [-0.2, -0.15) is 5.10 Å². The number of amides is 1. The van der Waals surface area contributed by atoms with Crippen molar-refractivity contribution in [2.75, 3.05) is 14.2 Å². The summed E-state index contributed by atoms with van der Waals surface area (Å²) in [5.74, 6) is -1.95. The van der Waals surface area contributed by atoms with Gasteiger partial charge in [-0.05, 0) is 30.3 Å². The van der Waals surface area contributed by atoms with Crippen LogP contribution < -0.4 is 14.8 Å². The lowest BCUT2D eigenvalue weighted by molar-refractivity contribution is -0.137. The lowest BCUT2D eigenvalue weighted by Gasteiger charge is -2.20. The molecule has 0 aliphatic rings. The van der Waals surface area contributed by atoms with Gasteiger partial charge in [0.15, 0.2) is 5.69 Å². The van der Waals surface area contributed by atoms with Gasteiger partial charge in [-0.25, -0.2) is 9.07 Å². The SMILES string of the molecule is COc1ccc(C(CC(=O)O)NC(=O)c2cc(O)n(-c3cccc(F)c3)n2)c(OC)c1. The average Bonchev–Trinajstić information content (AvgIpc) is 3.14. The Hall–Kier alpha value is -4.08. The first-order chi connectivity index (χ1) is 14.8. The number of carbonyl (C=O) groups excluding carboxylic acids is 1. The van der Waals surface area contributed by atoms with Crippen molar-refractivity contribution < 1.29 is 33.7 Å². The van der Waals surface area contributed by atoms with Crippen LogP contribution in [0.25, 0.3) is 5.69 Å². The van der Waals surface area contributed by atoms with Gasteiger partial charge in [0.25, 0.3) is 5.91 Å². The van der Waals surface area contributed by atoms with E-state index in [4.69, 9.17) is 9.47 Å². The maximum atomic E-state index is 13.5. The minimum absolute atomic E-state index is 0.176. The Labute approximate surface area is 176 Å². The molecule has 0 aliphatic carbocycles. The first kappa shape index (κ1) is 21.6. The Kier molecular flexibility index (Phi) is 6.39. The van der Waals surface area contributed by atoms with Crippen LogP contribution >= 0.6 is 0 Å². The first-order valence-corrected chi connectivity index (χ1v) is 9.12. The molecule has 3 aromatic rings. The van der Waals surface area contributed by atoms with Crippen LogP contribution in [0.15, 0.2) is 48.5 Å². The molecule has 3 rings (SSSR count). The van der Waals surface area contributed by atoms with E-state index in [2.05, 4.69) is 10.4 Å². The molecule has 0 saturated heterocycles. The number of nitrogens with one attached hydrogen (secondary N) is 1. The monoisotopic (exact) mass is 429 g/mol. The van der Waals surface area contributed by atoms with Gasteiger partial charge in [0.1, 0.15) is 17.3 Å². The number of carboxylic acids is 1. The number of aromatic hydroxyl groups is 1. The molecule has 1 heterocycles. The zero-order chi connectivity index (χ0) is 22.5. The third kappa shape index (κ3) is 4.92. The fourth-order valence-corrected chi connectivity index (χ4v) is 3.03. The number of nitrogens with zero attached hydrogens (tertiary/aromatic N) is 2. The highest BCUT2D eigenvalue weighted by Gasteiger charge is 2.24. The lowest BCUT2D eigenvalue weighted by atomic mass is 10.0. The van der Waals surface area contributed by atoms with Crippen LogP contribution in [0.5, 0.6) is 17.4 Å². The molecular formula is C21H20FN3O6. The Morgan fingerprint density at radius 3 is 2.58 bits per heavy atom. The molecule has 9 nitrogen and oxygen atoms in total. The summed E-state index contributed by atoms with van der Waals surface area (Å²) in [7, 11) is 2.89. The topological polar surface area (TPSA) is 123 Å². The lowest BCUT2D eigenvalue weighted by Crippen LogP contribution is -2.31. The second-order valence-corrected chi connectivity index (χ2v) is 6.51. The van der Waals surface area contributed by atoms with Gasteiger partial charge in [-0.3, -0.25) is 9.59 Å². The molecule has 0 fully saturated rings. The number of carbonyl (C=O) groups is 2. The second kappa shape index (κ2) is 9.16. The fourth-order valence-electron chi connectivity index (χ4n) is 3.03. The molecule has 1 unspecified atom stereocenters. The summed E-state index contributed by atoms with van der Waals surface area (Å²) in [6, 6.07) is 10.2. The number of aromatic nitrogens is 2. The Bertz CT molecular complexity index is 1110. The molecule has 0 bridgehead atoms. The minimum Gasteiger partial charge on any atom is -0.497 e. The molecule has 162 valence electrons. The minimum atomic E-state index is -1.14. The summed E-state index contributed by atoms with van der Waals surface area (Å²) in [5, 5.41) is 26.0. The van der Waals surface area contributed by atoms with Crippen molar-refractivity contribution in [3.05, 3.63) is 65.6 Å². The van der Waals surface area contributed by atoms with Crippen molar-refractivity contribution in [2.24, 2.45) is 0 Å². The highest BCUT2D eigenvalue weighted by atomic mass is 19.1. The van der Waals surface area contributed by atoms with Gasteiger partial charge >= 0.3 is 5.97 Å². The highest BCUT2D eigenvalue weighted by molar-refractivity contribution is 5.93. The number of ether oxygens (including phenoxy) is 2. The van der Waals surface area contributed by atoms with E-state index in [1.807, 2.05) is 0 Å². The van der Waals surface area contributed by atoms with Crippen molar-refractivity contribution in [1.29, 1.82) is 0 Å². The molecule has 0 radical (unpaired) electrons. The maximum absolute atomic E-state index is 13.5. The van der Waals surface area contributed by atoms with Crippen LogP contribution in [0.1, 0.15) is 28.5 Å². The van der Waals surface area contributed by atoms with Crippen LogP contribution in [0.4, 0.5) is 4.39 Å². The molecule has 31 heavy (non-hydrogen) atoms. The quantitative estimate of drug-likeness (QED) is 0.503. The third-order valence-electron chi connectivity index (χ3n) is 4.48. The number of hydrogen-bond donors (Lipinski definition) is 3. The first-order valence-electron chi connectivity index (χ1n) is 9.12. The van der Waals surface area contributed by atoms with Gasteiger partial charge in [-0.15, -0.1) is 0 Å². The van der Waals surface area contributed by atoms with Gasteiger partial charge < -0.3 is 25.0 Å². The predicted molar refractivity (Wildman–Crippen MR) is 107 cm³/mol. The van der Waals surface area contributed by atoms with Crippen LogP contribution in [0.3, 0.4) is 0 Å². The summed E-state index contributed by atoms with van der Waals surface area (Å²) in [4.78, 5) is 24.2. The highest BCUT2D eigenvalue weighted by Crippen LogP contribution is 2.31. The summed E-state index contributed by atoms with van der Waals surface area (Å²) in [5.41, 5.74) is 0.466. The van der Waals surface area contributed by atoms with E-state index in [1.54, 1.807) is 18.2 Å². The van der Waals surface area contributed by atoms with Gasteiger partial charge in [0.05, 0.1) is 32.4 Å². The molecular weight excluding hydrogens is 409 g/mol. The summed E-state index contributed by atoms with van der Waals surface area (Å²) >= 11 is 0. The number of hydrogen-bond acceptors (Lipinski definition) is 6. The van der Waals surface area contributed by atoms with Gasteiger partial charge in [0.2, 0.25) is 5.88 Å². The summed E-state index contributed by atoms with van der Waals surface area (Å²) in [6.45, 7) is 0. The van der Waals surface area contributed by atoms with E-state index in [1.165, 1.54) is 32.4 Å². The van der Waals surface area contributed by atoms with Crippen LogP contribution in [0, 0.1) is 5.82 Å². The smallest absolute Gasteiger partial charge is 0.305 e. The molecule has 0 spiro atoms. The zero-order valence-corrected chi connectivity index (χ0v) is 16.7. The standard InChI is InChI=1S/C21H20FN3O6/c1-30-14-6-7-15(18(9-14)31-2)16(11-20(27)28)23-21(29)17-10-19(26)25(24-17)13-5-3-4-12(22)8-13/h3-10,16,26H,11H2,1-2H3,(H,23,29)(H,27,28). The van der Waals surface area contributed by atoms with Crippen molar-refractivity contribution in [3.8, 4) is 23.1 Å². The van der Waals surface area contributed by atoms with Gasteiger partial charge in [0, 0.05) is 17.7 Å². The van der Waals surface area contributed by atoms with E-state index >= 15 is 0 Å². The van der Waals surface area contributed by atoms with E-state index in [0.29, 0.717) is 17.1 Å². The molecule has 2 aromatic carbocycles. The number of rotatable bonds is 8. The Balaban J connectivity index is 1.90. The maximum Gasteiger partial charge on any atom is 0.305 e. The van der Waals surface area contributed by atoms with Crippen molar-refractivity contribution in [2.45, 2.75) is 12.5 Å². The third-order valence-corrected chi connectivity index (χ3v) is 4.48. The molecule has 0 aliphatic heterocycles.